The molecule has 0 bridgehead atoms. The van der Waals surface area contributed by atoms with E-state index in [0.29, 0.717) is 6.07 Å². The maximum atomic E-state index is 13.8. The Kier molecular flexibility index (Phi) is 5.01. The first-order valence-corrected chi connectivity index (χ1v) is 9.23. The van der Waals surface area contributed by atoms with Crippen LogP contribution in [0.15, 0.2) is 47.4 Å². The highest BCUT2D eigenvalue weighted by Gasteiger charge is 2.32. The van der Waals surface area contributed by atoms with Crippen molar-refractivity contribution in [2.24, 2.45) is 0 Å². The molecule has 0 spiro atoms. The fraction of sp³-hybridized carbons (Fsp3) is 0.235. The molecule has 1 fully saturated rings. The number of piperazine rings is 1. The van der Waals surface area contributed by atoms with E-state index in [-0.39, 0.29) is 31.7 Å². The summed E-state index contributed by atoms with van der Waals surface area (Å²) in [5, 5.41) is 0. The first-order chi connectivity index (χ1) is 12.3. The molecule has 0 radical (unpaired) electrons. The number of carbonyl (C=O) groups is 1. The van der Waals surface area contributed by atoms with Gasteiger partial charge < -0.3 is 4.90 Å². The van der Waals surface area contributed by atoms with Crippen LogP contribution in [-0.2, 0) is 10.0 Å². The number of halogens is 3. The Labute approximate surface area is 148 Å². The van der Waals surface area contributed by atoms with Gasteiger partial charge in [0.2, 0.25) is 10.0 Å². The molecule has 0 unspecified atom stereocenters. The van der Waals surface area contributed by atoms with Gasteiger partial charge in [-0.2, -0.15) is 4.31 Å². The maximum absolute atomic E-state index is 13.8. The zero-order valence-electron chi connectivity index (χ0n) is 13.5. The van der Waals surface area contributed by atoms with Gasteiger partial charge in [0.15, 0.2) is 0 Å². The predicted octanol–water partition coefficient (Wildman–Crippen LogP) is 2.25. The van der Waals surface area contributed by atoms with E-state index in [0.717, 1.165) is 22.5 Å². The molecule has 0 saturated carbocycles. The Morgan fingerprint density at radius 2 is 1.46 bits per heavy atom. The zero-order valence-corrected chi connectivity index (χ0v) is 14.3. The van der Waals surface area contributed by atoms with Gasteiger partial charge >= 0.3 is 0 Å². The quantitative estimate of drug-likeness (QED) is 0.816. The average molecular weight is 384 g/mol. The van der Waals surface area contributed by atoms with Crippen LogP contribution in [0.3, 0.4) is 0 Å². The topological polar surface area (TPSA) is 57.7 Å². The molecule has 0 atom stereocenters. The lowest BCUT2D eigenvalue weighted by Crippen LogP contribution is -2.50. The Bertz CT molecular complexity index is 922. The van der Waals surface area contributed by atoms with Crippen molar-refractivity contribution >= 4 is 15.9 Å². The molecule has 0 aromatic heterocycles. The first kappa shape index (κ1) is 18.4. The van der Waals surface area contributed by atoms with Crippen LogP contribution in [0.4, 0.5) is 13.2 Å². The number of nitrogens with zero attached hydrogens (tertiary/aromatic N) is 2. The first-order valence-electron chi connectivity index (χ1n) is 7.79. The molecule has 3 rings (SSSR count). The van der Waals surface area contributed by atoms with Gasteiger partial charge in [0.05, 0.1) is 0 Å². The lowest BCUT2D eigenvalue weighted by atomic mass is 10.1. The van der Waals surface area contributed by atoms with Crippen LogP contribution in [0.2, 0.25) is 0 Å². The smallest absolute Gasteiger partial charge is 0.254 e. The maximum Gasteiger partial charge on any atom is 0.254 e. The Morgan fingerprint density at radius 3 is 2.04 bits per heavy atom. The van der Waals surface area contributed by atoms with Gasteiger partial charge in [-0.05, 0) is 24.3 Å². The second-order valence-electron chi connectivity index (χ2n) is 5.78. The standard InChI is InChI=1S/C17H15F3N2O3S/c18-13-9-12(10-14(19)11-13)17(23)21-5-7-22(8-6-21)26(24,25)16-4-2-1-3-15(16)20/h1-4,9-11H,5-8H2. The summed E-state index contributed by atoms with van der Waals surface area (Å²) < 4.78 is 66.5. The van der Waals surface area contributed by atoms with E-state index in [9.17, 15) is 26.4 Å². The van der Waals surface area contributed by atoms with Gasteiger partial charge in [-0.25, -0.2) is 21.6 Å². The van der Waals surface area contributed by atoms with Crippen LogP contribution in [0.25, 0.3) is 0 Å². The highest BCUT2D eigenvalue weighted by Crippen LogP contribution is 2.21. The molecule has 0 N–H and O–H groups in total. The van der Waals surface area contributed by atoms with E-state index >= 15 is 0 Å². The van der Waals surface area contributed by atoms with Crippen molar-refractivity contribution < 1.29 is 26.4 Å². The highest BCUT2D eigenvalue weighted by atomic mass is 32.2. The minimum absolute atomic E-state index is 0.0324. The molecule has 2 aromatic rings. The van der Waals surface area contributed by atoms with Gasteiger partial charge in [-0.3, -0.25) is 4.79 Å². The normalized spacial score (nSPS) is 15.9. The molecule has 1 aliphatic heterocycles. The molecule has 26 heavy (non-hydrogen) atoms. The molecule has 0 aliphatic carbocycles. The third-order valence-electron chi connectivity index (χ3n) is 4.09. The van der Waals surface area contributed by atoms with Crippen molar-refractivity contribution in [1.82, 2.24) is 9.21 Å². The lowest BCUT2D eigenvalue weighted by Gasteiger charge is -2.34. The third-order valence-corrected chi connectivity index (χ3v) is 6.02. The summed E-state index contributed by atoms with van der Waals surface area (Å²) in [6, 6.07) is 7.57. The van der Waals surface area contributed by atoms with Crippen LogP contribution in [0.5, 0.6) is 0 Å². The average Bonchev–Trinajstić information content (AvgIpc) is 2.60. The number of rotatable bonds is 3. The summed E-state index contributed by atoms with van der Waals surface area (Å²) in [5.74, 6) is -3.17. The van der Waals surface area contributed by atoms with E-state index in [2.05, 4.69) is 0 Å². The Balaban J connectivity index is 1.73. The van der Waals surface area contributed by atoms with Gasteiger partial charge in [-0.1, -0.05) is 12.1 Å². The van der Waals surface area contributed by atoms with Crippen molar-refractivity contribution in [3.63, 3.8) is 0 Å². The fourth-order valence-corrected chi connectivity index (χ4v) is 4.27. The number of sulfonamides is 1. The predicted molar refractivity (Wildman–Crippen MR) is 87.4 cm³/mol. The van der Waals surface area contributed by atoms with Gasteiger partial charge in [0.1, 0.15) is 22.3 Å². The number of hydrogen-bond acceptors (Lipinski definition) is 3. The number of amides is 1. The van der Waals surface area contributed by atoms with Crippen molar-refractivity contribution in [1.29, 1.82) is 0 Å². The Morgan fingerprint density at radius 1 is 0.885 bits per heavy atom. The van der Waals surface area contributed by atoms with Crippen LogP contribution in [0.1, 0.15) is 10.4 Å². The van der Waals surface area contributed by atoms with Crippen molar-refractivity contribution in [3.8, 4) is 0 Å². The third kappa shape index (κ3) is 3.58. The lowest BCUT2D eigenvalue weighted by molar-refractivity contribution is 0.0696. The van der Waals surface area contributed by atoms with Crippen LogP contribution < -0.4 is 0 Å². The van der Waals surface area contributed by atoms with Crippen LogP contribution in [-0.4, -0.2) is 49.7 Å². The van der Waals surface area contributed by atoms with Gasteiger partial charge in [0, 0.05) is 37.8 Å². The van der Waals surface area contributed by atoms with Crippen molar-refractivity contribution in [3.05, 3.63) is 65.5 Å². The molecule has 138 valence electrons. The molecule has 1 saturated heterocycles. The number of hydrogen-bond donors (Lipinski definition) is 0. The molecule has 1 amide bonds. The van der Waals surface area contributed by atoms with E-state index in [1.807, 2.05) is 0 Å². The second-order valence-corrected chi connectivity index (χ2v) is 7.69. The van der Waals surface area contributed by atoms with Crippen molar-refractivity contribution in [2.45, 2.75) is 4.90 Å². The fourth-order valence-electron chi connectivity index (χ4n) is 2.78. The van der Waals surface area contributed by atoms with Gasteiger partial charge in [-0.15, -0.1) is 0 Å². The molecule has 2 aromatic carbocycles. The summed E-state index contributed by atoms with van der Waals surface area (Å²) in [4.78, 5) is 13.2. The summed E-state index contributed by atoms with van der Waals surface area (Å²) in [6.45, 7) is -0.0181. The summed E-state index contributed by atoms with van der Waals surface area (Å²) in [7, 11) is -4.02. The van der Waals surface area contributed by atoms with Crippen LogP contribution >= 0.6 is 0 Å². The number of carbonyl (C=O) groups excluding carboxylic acids is 1. The minimum atomic E-state index is -4.02. The monoisotopic (exact) mass is 384 g/mol. The second kappa shape index (κ2) is 7.08. The van der Waals surface area contributed by atoms with Crippen LogP contribution in [0, 0.1) is 17.5 Å². The largest absolute Gasteiger partial charge is 0.336 e. The summed E-state index contributed by atoms with van der Waals surface area (Å²) in [6.07, 6.45) is 0. The molecular weight excluding hydrogens is 369 g/mol. The van der Waals surface area contributed by atoms with Crippen molar-refractivity contribution in [2.75, 3.05) is 26.2 Å². The van der Waals surface area contributed by atoms with E-state index in [1.54, 1.807) is 0 Å². The molecule has 5 nitrogen and oxygen atoms in total. The van der Waals surface area contributed by atoms with E-state index in [4.69, 9.17) is 0 Å². The Hall–Kier alpha value is -2.39. The van der Waals surface area contributed by atoms with E-state index < -0.39 is 38.3 Å². The zero-order chi connectivity index (χ0) is 18.9. The minimum Gasteiger partial charge on any atom is -0.336 e. The molecular formula is C17H15F3N2O3S. The number of benzene rings is 2. The summed E-state index contributed by atoms with van der Waals surface area (Å²) in [5.41, 5.74) is -0.145. The highest BCUT2D eigenvalue weighted by molar-refractivity contribution is 7.89. The SMILES string of the molecule is O=C(c1cc(F)cc(F)c1)N1CCN(S(=O)(=O)c2ccccc2F)CC1. The summed E-state index contributed by atoms with van der Waals surface area (Å²) >= 11 is 0. The van der Waals surface area contributed by atoms with E-state index in [1.165, 1.54) is 23.1 Å². The van der Waals surface area contributed by atoms with Gasteiger partial charge in [0.25, 0.3) is 5.91 Å². The molecule has 9 heteroatoms. The molecule has 1 heterocycles. The molecule has 1 aliphatic rings.